The minimum atomic E-state index is -0.0975. The highest BCUT2D eigenvalue weighted by atomic mass is 16.3. The molecule has 2 aromatic heterocycles. The van der Waals surface area contributed by atoms with Crippen LogP contribution in [0.4, 0.5) is 17.1 Å². The molecule has 0 saturated carbocycles. The fourth-order valence-electron chi connectivity index (χ4n) is 9.58. The molecule has 0 spiro atoms. The fourth-order valence-corrected chi connectivity index (χ4v) is 9.58. The van der Waals surface area contributed by atoms with Crippen LogP contribution in [0.3, 0.4) is 0 Å². The van der Waals surface area contributed by atoms with Gasteiger partial charge < -0.3 is 13.7 Å². The van der Waals surface area contributed by atoms with Gasteiger partial charge in [-0.3, -0.25) is 0 Å². The van der Waals surface area contributed by atoms with Crippen molar-refractivity contribution in [2.75, 3.05) is 4.90 Å². The Morgan fingerprint density at radius 1 is 0.362 bits per heavy atom. The summed E-state index contributed by atoms with van der Waals surface area (Å²) in [5.74, 6) is 0. The van der Waals surface area contributed by atoms with Gasteiger partial charge in [0.15, 0.2) is 0 Å². The molecule has 11 aromatic rings. The Balaban J connectivity index is 0.978. The molecule has 12 rings (SSSR count). The quantitative estimate of drug-likeness (QED) is 0.176. The molecule has 1 aliphatic rings. The number of benzene rings is 9. The van der Waals surface area contributed by atoms with Crippen LogP contribution in [0.1, 0.15) is 25.0 Å². The van der Waals surface area contributed by atoms with E-state index in [4.69, 9.17) is 8.83 Å². The molecule has 1 aliphatic carbocycles. The zero-order valence-electron chi connectivity index (χ0n) is 32.2. The highest BCUT2D eigenvalue weighted by Crippen LogP contribution is 2.50. The maximum atomic E-state index is 6.41. The average Bonchev–Trinajstić information content (AvgIpc) is 3.83. The van der Waals surface area contributed by atoms with Crippen LogP contribution in [0, 0.1) is 0 Å². The summed E-state index contributed by atoms with van der Waals surface area (Å²) in [4.78, 5) is 2.30. The Kier molecular flexibility index (Phi) is 6.98. The van der Waals surface area contributed by atoms with Crippen molar-refractivity contribution < 1.29 is 8.83 Å². The second-order valence-electron chi connectivity index (χ2n) is 16.1. The van der Waals surface area contributed by atoms with Gasteiger partial charge in [-0.1, -0.05) is 129 Å². The summed E-state index contributed by atoms with van der Waals surface area (Å²) in [7, 11) is 0. The summed E-state index contributed by atoms with van der Waals surface area (Å²) >= 11 is 0. The molecule has 0 atom stereocenters. The van der Waals surface area contributed by atoms with Crippen LogP contribution in [0.15, 0.2) is 197 Å². The van der Waals surface area contributed by atoms with Crippen LogP contribution in [0.25, 0.3) is 88.0 Å². The van der Waals surface area contributed by atoms with E-state index < -0.39 is 0 Å². The first-order chi connectivity index (χ1) is 28.5. The van der Waals surface area contributed by atoms with Crippen LogP contribution in [0.2, 0.25) is 0 Å². The zero-order chi connectivity index (χ0) is 38.5. The van der Waals surface area contributed by atoms with Gasteiger partial charge in [0.25, 0.3) is 0 Å². The molecular formula is C55H37NO2. The molecule has 274 valence electrons. The molecule has 58 heavy (non-hydrogen) atoms. The number of fused-ring (bicyclic) bond motifs is 8. The standard InChI is InChI=1S/C55H37NO2/c1-55(2)48-28-23-38(31-47(48)46-19-9-11-34-12-10-20-49(55)54(34)46)36-14-7-13-35(29-36)37-15-8-16-39(30-37)56(40-24-26-44-42-17-3-5-21-50(42)57-52(44)32-40)41-25-27-45-43-18-4-6-22-51(43)58-53(45)33-41/h3-33H,1-2H3. The minimum absolute atomic E-state index is 0.0975. The van der Waals surface area contributed by atoms with Crippen molar-refractivity contribution in [3.63, 3.8) is 0 Å². The van der Waals surface area contributed by atoms with Crippen LogP contribution in [-0.4, -0.2) is 0 Å². The first-order valence-corrected chi connectivity index (χ1v) is 20.0. The monoisotopic (exact) mass is 743 g/mol. The van der Waals surface area contributed by atoms with Crippen molar-refractivity contribution in [1.29, 1.82) is 0 Å². The molecule has 9 aromatic carbocycles. The van der Waals surface area contributed by atoms with E-state index in [0.717, 1.165) is 72.1 Å². The summed E-state index contributed by atoms with van der Waals surface area (Å²) in [5, 5.41) is 7.10. The Morgan fingerprint density at radius 2 is 0.897 bits per heavy atom. The number of hydrogen-bond acceptors (Lipinski definition) is 3. The third-order valence-corrected chi connectivity index (χ3v) is 12.4. The Hall–Kier alpha value is -7.36. The van der Waals surface area contributed by atoms with E-state index in [0.29, 0.717) is 0 Å². The first kappa shape index (κ1) is 32.8. The number of para-hydroxylation sites is 2. The van der Waals surface area contributed by atoms with Gasteiger partial charge in [-0.25, -0.2) is 0 Å². The predicted octanol–water partition coefficient (Wildman–Crippen LogP) is 15.7. The fraction of sp³-hybridized carbons (Fsp3) is 0.0545. The molecular weight excluding hydrogens is 707 g/mol. The predicted molar refractivity (Wildman–Crippen MR) is 242 cm³/mol. The molecule has 2 heterocycles. The Labute approximate surface area is 336 Å². The normalized spacial score (nSPS) is 13.1. The van der Waals surface area contributed by atoms with Gasteiger partial charge in [0.05, 0.1) is 0 Å². The Morgan fingerprint density at radius 3 is 1.57 bits per heavy atom. The smallest absolute Gasteiger partial charge is 0.137 e. The lowest BCUT2D eigenvalue weighted by Gasteiger charge is -2.35. The highest BCUT2D eigenvalue weighted by molar-refractivity contribution is 6.08. The third-order valence-electron chi connectivity index (χ3n) is 12.4. The Bertz CT molecular complexity index is 3330. The van der Waals surface area contributed by atoms with Crippen LogP contribution < -0.4 is 4.90 Å². The topological polar surface area (TPSA) is 29.5 Å². The van der Waals surface area contributed by atoms with E-state index in [1.54, 1.807) is 0 Å². The van der Waals surface area contributed by atoms with E-state index in [-0.39, 0.29) is 5.41 Å². The zero-order valence-corrected chi connectivity index (χ0v) is 32.2. The minimum Gasteiger partial charge on any atom is -0.456 e. The summed E-state index contributed by atoms with van der Waals surface area (Å²) in [6.07, 6.45) is 0. The number of furan rings is 2. The van der Waals surface area contributed by atoms with E-state index in [1.165, 1.54) is 44.2 Å². The SMILES string of the molecule is CC1(C)c2ccc(-c3cccc(-c4cccc(N(c5ccc6c(c5)oc5ccccc56)c5ccc6c(c5)oc5ccccc56)c4)c3)cc2-c2cccc3cccc1c23. The molecule has 0 unspecified atom stereocenters. The van der Waals surface area contributed by atoms with E-state index in [2.05, 4.69) is 183 Å². The molecule has 0 bridgehead atoms. The van der Waals surface area contributed by atoms with Crippen molar-refractivity contribution in [3.8, 4) is 33.4 Å². The largest absolute Gasteiger partial charge is 0.456 e. The maximum Gasteiger partial charge on any atom is 0.137 e. The number of nitrogens with zero attached hydrogens (tertiary/aromatic N) is 1. The maximum absolute atomic E-state index is 6.41. The average molecular weight is 744 g/mol. The van der Waals surface area contributed by atoms with Crippen LogP contribution in [-0.2, 0) is 5.41 Å². The molecule has 0 radical (unpaired) electrons. The van der Waals surface area contributed by atoms with Crippen molar-refractivity contribution in [3.05, 3.63) is 199 Å². The van der Waals surface area contributed by atoms with E-state index >= 15 is 0 Å². The van der Waals surface area contributed by atoms with Crippen molar-refractivity contribution in [2.24, 2.45) is 0 Å². The molecule has 0 aliphatic heterocycles. The molecule has 3 nitrogen and oxygen atoms in total. The van der Waals surface area contributed by atoms with Gasteiger partial charge in [0.1, 0.15) is 22.3 Å². The van der Waals surface area contributed by atoms with Crippen molar-refractivity contribution in [2.45, 2.75) is 19.3 Å². The molecule has 0 amide bonds. The first-order valence-electron chi connectivity index (χ1n) is 20.0. The lowest BCUT2D eigenvalue weighted by atomic mass is 9.68. The molecule has 0 N–H and O–H groups in total. The van der Waals surface area contributed by atoms with Crippen molar-refractivity contribution >= 4 is 71.7 Å². The third kappa shape index (κ3) is 4.93. The number of anilines is 3. The summed E-state index contributed by atoms with van der Waals surface area (Å²) < 4.78 is 12.8. The molecule has 0 saturated heterocycles. The van der Waals surface area contributed by atoms with Gasteiger partial charge >= 0.3 is 0 Å². The summed E-state index contributed by atoms with van der Waals surface area (Å²) in [6, 6.07) is 67.8. The summed E-state index contributed by atoms with van der Waals surface area (Å²) in [5.41, 5.74) is 16.5. The number of rotatable bonds is 5. The number of hydrogen-bond donors (Lipinski definition) is 0. The van der Waals surface area contributed by atoms with Gasteiger partial charge in [-0.05, 0) is 116 Å². The second-order valence-corrected chi connectivity index (χ2v) is 16.1. The lowest BCUT2D eigenvalue weighted by molar-refractivity contribution is 0.645. The summed E-state index contributed by atoms with van der Waals surface area (Å²) in [6.45, 7) is 4.72. The lowest BCUT2D eigenvalue weighted by Crippen LogP contribution is -2.23. The van der Waals surface area contributed by atoms with Crippen LogP contribution in [0.5, 0.6) is 0 Å². The molecule has 3 heteroatoms. The van der Waals surface area contributed by atoms with Crippen LogP contribution >= 0.6 is 0 Å². The van der Waals surface area contributed by atoms with E-state index in [1.807, 2.05) is 24.3 Å². The van der Waals surface area contributed by atoms with Gasteiger partial charge in [0, 0.05) is 56.2 Å². The van der Waals surface area contributed by atoms with Gasteiger partial charge in [-0.2, -0.15) is 0 Å². The molecule has 0 fully saturated rings. The van der Waals surface area contributed by atoms with Crippen molar-refractivity contribution in [1.82, 2.24) is 0 Å². The van der Waals surface area contributed by atoms with Gasteiger partial charge in [-0.15, -0.1) is 0 Å². The van der Waals surface area contributed by atoms with E-state index in [9.17, 15) is 0 Å². The highest BCUT2D eigenvalue weighted by Gasteiger charge is 2.33. The second kappa shape index (κ2) is 12.3. The van der Waals surface area contributed by atoms with Gasteiger partial charge in [0.2, 0.25) is 0 Å².